The van der Waals surface area contributed by atoms with Gasteiger partial charge in [0.05, 0.1) is 13.2 Å². The average Bonchev–Trinajstić information content (AvgIpc) is 2.27. The normalized spacial score (nSPS) is 10.0. The van der Waals surface area contributed by atoms with Crippen LogP contribution in [0.4, 0.5) is 0 Å². The highest BCUT2D eigenvalue weighted by molar-refractivity contribution is 6.33. The Labute approximate surface area is 94.2 Å². The number of ether oxygens (including phenoxy) is 2. The molecular weight excluding hydrogens is 208 g/mol. The fraction of sp³-hybridized carbons (Fsp3) is 0.333. The molecule has 0 aliphatic carbocycles. The van der Waals surface area contributed by atoms with Crippen LogP contribution in [-0.2, 0) is 4.79 Å². The van der Waals surface area contributed by atoms with Gasteiger partial charge in [0.2, 0.25) is 5.78 Å². The van der Waals surface area contributed by atoms with Gasteiger partial charge < -0.3 is 9.47 Å². The molecule has 0 aromatic heterocycles. The molecule has 0 saturated carbocycles. The van der Waals surface area contributed by atoms with Gasteiger partial charge in [-0.2, -0.15) is 0 Å². The molecule has 0 bridgehead atoms. The van der Waals surface area contributed by atoms with E-state index >= 15 is 0 Å². The molecule has 1 aromatic carbocycles. The fourth-order valence-electron chi connectivity index (χ4n) is 1.24. The maximum Gasteiger partial charge on any atom is 0.225 e. The van der Waals surface area contributed by atoms with E-state index in [1.165, 1.54) is 19.2 Å². The molecule has 1 rings (SSSR count). The van der Waals surface area contributed by atoms with Gasteiger partial charge in [0.1, 0.15) is 0 Å². The maximum atomic E-state index is 11.2. The Kier molecular flexibility index (Phi) is 4.05. The summed E-state index contributed by atoms with van der Waals surface area (Å²) in [5.74, 6) is 0.427. The zero-order chi connectivity index (χ0) is 12.1. The van der Waals surface area contributed by atoms with Crippen LogP contribution < -0.4 is 9.47 Å². The standard InChI is InChI=1S/C12H14O4/c1-8(2)16-11-5-4-9(10(14)7-13)6-12(11)15-3/h4-8H,1-3H3. The van der Waals surface area contributed by atoms with Crippen molar-refractivity contribution in [3.8, 4) is 11.5 Å². The average molecular weight is 222 g/mol. The lowest BCUT2D eigenvalue weighted by Gasteiger charge is -2.13. The summed E-state index contributed by atoms with van der Waals surface area (Å²) >= 11 is 0. The summed E-state index contributed by atoms with van der Waals surface area (Å²) in [7, 11) is 1.48. The van der Waals surface area contributed by atoms with E-state index in [4.69, 9.17) is 9.47 Å². The summed E-state index contributed by atoms with van der Waals surface area (Å²) < 4.78 is 10.6. The van der Waals surface area contributed by atoms with Crippen molar-refractivity contribution in [2.45, 2.75) is 20.0 Å². The molecule has 1 aromatic rings. The monoisotopic (exact) mass is 222 g/mol. The molecule has 0 aliphatic rings. The number of carbonyl (C=O) groups is 2. The molecule has 4 heteroatoms. The van der Waals surface area contributed by atoms with Crippen LogP contribution in [0, 0.1) is 0 Å². The Morgan fingerprint density at radius 2 is 2.00 bits per heavy atom. The van der Waals surface area contributed by atoms with E-state index < -0.39 is 5.78 Å². The number of methoxy groups -OCH3 is 1. The lowest BCUT2D eigenvalue weighted by atomic mass is 10.1. The van der Waals surface area contributed by atoms with E-state index in [-0.39, 0.29) is 12.4 Å². The van der Waals surface area contributed by atoms with E-state index in [1.807, 2.05) is 13.8 Å². The van der Waals surface area contributed by atoms with Crippen LogP contribution in [0.1, 0.15) is 24.2 Å². The SMILES string of the molecule is COc1cc(C(=O)C=O)ccc1OC(C)C. The molecule has 0 fully saturated rings. The van der Waals surface area contributed by atoms with E-state index in [9.17, 15) is 9.59 Å². The molecule has 0 saturated heterocycles. The molecular formula is C12H14O4. The first kappa shape index (κ1) is 12.2. The molecule has 0 aliphatic heterocycles. The highest BCUT2D eigenvalue weighted by Gasteiger charge is 2.11. The van der Waals surface area contributed by atoms with E-state index in [2.05, 4.69) is 0 Å². The zero-order valence-electron chi connectivity index (χ0n) is 9.52. The molecule has 0 unspecified atom stereocenters. The third kappa shape index (κ3) is 2.82. The Morgan fingerprint density at radius 3 is 2.50 bits per heavy atom. The van der Waals surface area contributed by atoms with Crippen molar-refractivity contribution < 1.29 is 19.1 Å². The largest absolute Gasteiger partial charge is 0.493 e. The zero-order valence-corrected chi connectivity index (χ0v) is 9.52. The number of Topliss-reactive ketones (excluding diaryl/α,β-unsaturated/α-hetero) is 1. The number of benzene rings is 1. The van der Waals surface area contributed by atoms with Gasteiger partial charge >= 0.3 is 0 Å². The van der Waals surface area contributed by atoms with Crippen LogP contribution >= 0.6 is 0 Å². The van der Waals surface area contributed by atoms with Crippen molar-refractivity contribution in [3.63, 3.8) is 0 Å². The minimum absolute atomic E-state index is 0.0153. The van der Waals surface area contributed by atoms with Crippen molar-refractivity contribution in [2.75, 3.05) is 7.11 Å². The Bertz CT molecular complexity index is 396. The second-order valence-electron chi connectivity index (χ2n) is 3.51. The number of aldehydes is 1. The van der Waals surface area contributed by atoms with Gasteiger partial charge in [-0.3, -0.25) is 9.59 Å². The molecule has 0 spiro atoms. The summed E-state index contributed by atoms with van der Waals surface area (Å²) in [6, 6.07) is 4.65. The topological polar surface area (TPSA) is 52.6 Å². The molecule has 0 amide bonds. The van der Waals surface area contributed by atoms with Crippen molar-refractivity contribution in [1.82, 2.24) is 0 Å². The lowest BCUT2D eigenvalue weighted by Crippen LogP contribution is -2.07. The number of hydrogen-bond donors (Lipinski definition) is 0. The summed E-state index contributed by atoms with van der Waals surface area (Å²) in [4.78, 5) is 21.5. The van der Waals surface area contributed by atoms with Crippen LogP contribution in [0.2, 0.25) is 0 Å². The predicted octanol–water partition coefficient (Wildman–Crippen LogP) is 1.86. The van der Waals surface area contributed by atoms with Gasteiger partial charge in [0.15, 0.2) is 17.8 Å². The Morgan fingerprint density at radius 1 is 1.31 bits per heavy atom. The summed E-state index contributed by atoms with van der Waals surface area (Å²) in [6.07, 6.45) is 0.291. The van der Waals surface area contributed by atoms with Crippen LogP contribution in [-0.4, -0.2) is 25.3 Å². The van der Waals surface area contributed by atoms with E-state index in [1.54, 1.807) is 6.07 Å². The van der Waals surface area contributed by atoms with Gasteiger partial charge in [-0.1, -0.05) is 0 Å². The number of hydrogen-bond acceptors (Lipinski definition) is 4. The highest BCUT2D eigenvalue weighted by atomic mass is 16.5. The molecule has 0 N–H and O–H groups in total. The van der Waals surface area contributed by atoms with Crippen molar-refractivity contribution in [1.29, 1.82) is 0 Å². The first-order chi connectivity index (χ1) is 7.58. The van der Waals surface area contributed by atoms with Gasteiger partial charge in [-0.05, 0) is 32.0 Å². The van der Waals surface area contributed by atoms with Crippen molar-refractivity contribution >= 4 is 12.1 Å². The van der Waals surface area contributed by atoms with Gasteiger partial charge in [0, 0.05) is 5.56 Å². The first-order valence-electron chi connectivity index (χ1n) is 4.92. The van der Waals surface area contributed by atoms with E-state index in [0.717, 1.165) is 0 Å². The first-order valence-corrected chi connectivity index (χ1v) is 4.92. The van der Waals surface area contributed by atoms with Crippen LogP contribution in [0.15, 0.2) is 18.2 Å². The molecule has 4 nitrogen and oxygen atoms in total. The number of rotatable bonds is 5. The minimum atomic E-state index is -0.575. The smallest absolute Gasteiger partial charge is 0.225 e. The second-order valence-corrected chi connectivity index (χ2v) is 3.51. The minimum Gasteiger partial charge on any atom is -0.493 e. The van der Waals surface area contributed by atoms with Crippen LogP contribution in [0.5, 0.6) is 11.5 Å². The summed E-state index contributed by atoms with van der Waals surface area (Å²) in [5, 5.41) is 0. The molecule has 0 atom stereocenters. The molecule has 16 heavy (non-hydrogen) atoms. The Hall–Kier alpha value is -1.84. The molecule has 0 radical (unpaired) electrons. The number of ketones is 1. The second kappa shape index (κ2) is 5.30. The quantitative estimate of drug-likeness (QED) is 0.433. The van der Waals surface area contributed by atoms with Gasteiger partial charge in [0.25, 0.3) is 0 Å². The maximum absolute atomic E-state index is 11.2. The predicted molar refractivity (Wildman–Crippen MR) is 59.2 cm³/mol. The van der Waals surface area contributed by atoms with Gasteiger partial charge in [-0.15, -0.1) is 0 Å². The summed E-state index contributed by atoms with van der Waals surface area (Å²) in [5.41, 5.74) is 0.294. The fourth-order valence-corrected chi connectivity index (χ4v) is 1.24. The van der Waals surface area contributed by atoms with Crippen molar-refractivity contribution in [2.24, 2.45) is 0 Å². The van der Waals surface area contributed by atoms with E-state index in [0.29, 0.717) is 17.1 Å². The highest BCUT2D eigenvalue weighted by Crippen LogP contribution is 2.28. The Balaban J connectivity index is 3.06. The van der Waals surface area contributed by atoms with Gasteiger partial charge in [-0.25, -0.2) is 0 Å². The van der Waals surface area contributed by atoms with Crippen molar-refractivity contribution in [3.05, 3.63) is 23.8 Å². The number of carbonyl (C=O) groups excluding carboxylic acids is 2. The molecule has 86 valence electrons. The summed E-state index contributed by atoms with van der Waals surface area (Å²) in [6.45, 7) is 3.79. The third-order valence-electron chi connectivity index (χ3n) is 1.92. The van der Waals surface area contributed by atoms with Crippen LogP contribution in [0.3, 0.4) is 0 Å². The third-order valence-corrected chi connectivity index (χ3v) is 1.92. The van der Waals surface area contributed by atoms with Crippen LogP contribution in [0.25, 0.3) is 0 Å². The molecule has 0 heterocycles. The lowest BCUT2D eigenvalue weighted by molar-refractivity contribution is -0.104.